The second kappa shape index (κ2) is 24.5. The summed E-state index contributed by atoms with van der Waals surface area (Å²) in [6.45, 7) is 17.5. The van der Waals surface area contributed by atoms with E-state index in [0.29, 0.717) is 29.2 Å². The van der Waals surface area contributed by atoms with Crippen LogP contribution in [-0.4, -0.2) is 123 Å². The summed E-state index contributed by atoms with van der Waals surface area (Å²) in [5, 5.41) is 1.07. The Balaban J connectivity index is 0.000000150. The van der Waals surface area contributed by atoms with Crippen LogP contribution in [0, 0.1) is 24.9 Å². The standard InChI is InChI=1S/C25H29I2NO3.C17H17ClO6.C15H26N2/c1-4-7-11-22-23(18-10-8-9-12-21(18)31-22)24(29)17-15-19(26)25(20(27)16-17)30-14-13-28(5-2)6-3;1-8-5-9(19)6-12(23-4)17(8)16(20)13-10(21-2)7-11(22-3)14(18)15(13)24-17;1-3-7-16-11-13-9-12(14(16)5-1)10-17-8-4-2-6-15(13)17/h8-10,12,15-16H,4-7,11,13-14H2,1-3H3;6-8H,5H2,1-4H3;12-15H,1-11H2/t;8-,17+;12-,13-,14-,15+/m.10/s1. The molecule has 0 saturated carbocycles. The first-order valence-electron chi connectivity index (χ1n) is 26.2. The smallest absolute Gasteiger partial charge is 0.231 e. The molecule has 0 N–H and O–H groups in total. The number of furan rings is 1. The fourth-order valence-electron chi connectivity index (χ4n) is 12.2. The van der Waals surface area contributed by atoms with Crippen LogP contribution in [0.25, 0.3) is 11.0 Å². The largest absolute Gasteiger partial charge is 0.496 e. The number of hydrogen-bond acceptors (Lipinski definition) is 12. The van der Waals surface area contributed by atoms with Gasteiger partial charge in [-0.2, -0.15) is 0 Å². The molecule has 12 nitrogen and oxygen atoms in total. The van der Waals surface area contributed by atoms with E-state index in [1.165, 1.54) is 98.2 Å². The predicted molar refractivity (Wildman–Crippen MR) is 300 cm³/mol. The van der Waals surface area contributed by atoms with Gasteiger partial charge in [-0.25, -0.2) is 0 Å². The summed E-state index contributed by atoms with van der Waals surface area (Å²) in [5.41, 5.74) is 0.957. The highest BCUT2D eigenvalue weighted by atomic mass is 127. The van der Waals surface area contributed by atoms with Gasteiger partial charge in [0.05, 0.1) is 34.0 Å². The number of benzene rings is 3. The lowest BCUT2D eigenvalue weighted by Crippen LogP contribution is -2.63. The highest BCUT2D eigenvalue weighted by Gasteiger charge is 2.60. The molecule has 6 aliphatic rings. The molecular formula is C57H72ClI2N3O9. The topological polar surface area (TPSA) is 120 Å². The predicted octanol–water partition coefficient (Wildman–Crippen LogP) is 12.1. The van der Waals surface area contributed by atoms with Crippen molar-refractivity contribution in [2.24, 2.45) is 17.8 Å². The molecule has 1 spiro atoms. The summed E-state index contributed by atoms with van der Waals surface area (Å²) in [4.78, 5) is 46.8. The molecule has 5 aliphatic heterocycles. The maximum Gasteiger partial charge on any atom is 0.231 e. The zero-order chi connectivity index (χ0) is 51.3. The van der Waals surface area contributed by atoms with E-state index in [1.807, 2.05) is 36.4 Å². The van der Waals surface area contributed by atoms with E-state index < -0.39 is 11.5 Å². The second-order valence-corrected chi connectivity index (χ2v) is 22.8. The number of ether oxygens (including phenoxy) is 5. The summed E-state index contributed by atoms with van der Waals surface area (Å²) < 4.78 is 36.0. The average molecular weight is 1230 g/mol. The number of carbonyl (C=O) groups is 3. The van der Waals surface area contributed by atoms with Crippen molar-refractivity contribution in [1.82, 2.24) is 14.7 Å². The number of halogens is 3. The van der Waals surface area contributed by atoms with Crippen molar-refractivity contribution in [2.45, 2.75) is 116 Å². The van der Waals surface area contributed by atoms with E-state index in [4.69, 9.17) is 39.7 Å². The molecule has 6 heterocycles. The minimum atomic E-state index is -1.42. The van der Waals surface area contributed by atoms with E-state index in [0.717, 1.165) is 92.4 Å². The van der Waals surface area contributed by atoms with Crippen molar-refractivity contribution in [2.75, 3.05) is 73.7 Å². The number of ketones is 3. The van der Waals surface area contributed by atoms with Gasteiger partial charge in [0, 0.05) is 73.6 Å². The molecule has 3 aromatic carbocycles. The van der Waals surface area contributed by atoms with Gasteiger partial charge in [0.1, 0.15) is 45.8 Å². The van der Waals surface area contributed by atoms with Gasteiger partial charge in [-0.15, -0.1) is 0 Å². The fraction of sp³-hybridized carbons (Fsp3) is 0.561. The maximum atomic E-state index is 13.6. The molecule has 1 aliphatic carbocycles. The van der Waals surface area contributed by atoms with Crippen molar-refractivity contribution in [3.63, 3.8) is 0 Å². The number of allylic oxidation sites excluding steroid dienone is 1. The average Bonchev–Trinajstić information content (AvgIpc) is 3.92. The third kappa shape index (κ3) is 11.1. The number of Topliss-reactive ketones (excluding diaryl/α,β-unsaturated/α-hetero) is 1. The Kier molecular flexibility index (Phi) is 18.7. The van der Waals surface area contributed by atoms with Gasteiger partial charge in [0.2, 0.25) is 11.4 Å². The van der Waals surface area contributed by atoms with Crippen molar-refractivity contribution < 1.29 is 42.5 Å². The normalized spacial score (nSPS) is 24.5. The number of rotatable bonds is 14. The van der Waals surface area contributed by atoms with E-state index in [-0.39, 0.29) is 45.9 Å². The van der Waals surface area contributed by atoms with Crippen LogP contribution in [0.5, 0.6) is 23.0 Å². The lowest BCUT2D eigenvalue weighted by Gasteiger charge is -2.57. The molecule has 0 unspecified atom stereocenters. The highest BCUT2D eigenvalue weighted by Crippen LogP contribution is 2.54. The summed E-state index contributed by atoms with van der Waals surface area (Å²) in [7, 11) is 4.31. The molecule has 0 amide bonds. The number of unbranched alkanes of at least 4 members (excludes halogenated alkanes) is 1. The van der Waals surface area contributed by atoms with Gasteiger partial charge in [0.15, 0.2) is 23.1 Å². The number of carbonyl (C=O) groups excluding carboxylic acids is 3. The summed E-state index contributed by atoms with van der Waals surface area (Å²) >= 11 is 10.9. The van der Waals surface area contributed by atoms with Crippen LogP contribution in [-0.2, 0) is 16.0 Å². The number of methoxy groups -OCH3 is 3. The molecule has 0 radical (unpaired) electrons. The third-order valence-corrected chi connectivity index (χ3v) is 17.9. The van der Waals surface area contributed by atoms with E-state index in [9.17, 15) is 14.4 Å². The van der Waals surface area contributed by atoms with Crippen LogP contribution in [0.1, 0.15) is 124 Å². The molecule has 72 heavy (non-hydrogen) atoms. The molecule has 390 valence electrons. The van der Waals surface area contributed by atoms with Crippen LogP contribution in [0.4, 0.5) is 0 Å². The monoisotopic (exact) mass is 1230 g/mol. The summed E-state index contributed by atoms with van der Waals surface area (Å²) in [6, 6.07) is 15.1. The van der Waals surface area contributed by atoms with Crippen LogP contribution >= 0.6 is 56.8 Å². The number of nitrogens with zero attached hydrogens (tertiary/aromatic N) is 3. The number of likely N-dealkylation sites (N-methyl/N-ethyl adjacent to an activating group) is 1. The van der Waals surface area contributed by atoms with Gasteiger partial charge < -0.3 is 33.0 Å². The van der Waals surface area contributed by atoms with Crippen molar-refractivity contribution in [3.8, 4) is 23.0 Å². The lowest BCUT2D eigenvalue weighted by atomic mass is 9.71. The minimum Gasteiger partial charge on any atom is -0.496 e. The van der Waals surface area contributed by atoms with Crippen LogP contribution in [0.15, 0.2) is 58.7 Å². The first kappa shape index (κ1) is 54.8. The van der Waals surface area contributed by atoms with Gasteiger partial charge in [-0.1, -0.05) is 76.8 Å². The summed E-state index contributed by atoms with van der Waals surface area (Å²) in [5.74, 6) is 3.80. The Morgan fingerprint density at radius 3 is 2.11 bits per heavy atom. The number of aryl methyl sites for hydroxylation is 1. The van der Waals surface area contributed by atoms with E-state index in [2.05, 4.69) is 80.7 Å². The Morgan fingerprint density at radius 1 is 0.875 bits per heavy atom. The molecule has 4 saturated heterocycles. The molecule has 15 heteroatoms. The molecule has 10 rings (SSSR count). The third-order valence-electron chi connectivity index (χ3n) is 15.9. The van der Waals surface area contributed by atoms with E-state index >= 15 is 0 Å². The first-order chi connectivity index (χ1) is 34.8. The van der Waals surface area contributed by atoms with Gasteiger partial charge in [-0.05, 0) is 140 Å². The number of fused-ring (bicyclic) bond motifs is 8. The van der Waals surface area contributed by atoms with E-state index in [1.54, 1.807) is 13.3 Å². The van der Waals surface area contributed by atoms with Crippen molar-refractivity contribution in [1.29, 1.82) is 0 Å². The second-order valence-electron chi connectivity index (χ2n) is 20.1. The summed E-state index contributed by atoms with van der Waals surface area (Å²) in [6.07, 6.45) is 14.8. The molecule has 4 fully saturated rings. The molecule has 6 atom stereocenters. The quantitative estimate of drug-likeness (QED) is 0.0883. The zero-order valence-corrected chi connectivity index (χ0v) is 48.2. The molecule has 1 aromatic heterocycles. The van der Waals surface area contributed by atoms with Crippen molar-refractivity contribution in [3.05, 3.63) is 88.9 Å². The number of hydrogen-bond donors (Lipinski definition) is 0. The fourth-order valence-corrected chi connectivity index (χ4v) is 14.5. The minimum absolute atomic E-state index is 0.0153. The number of piperidine rings is 4. The first-order valence-corrected chi connectivity index (χ1v) is 28.7. The maximum absolute atomic E-state index is 13.6. The molecule has 4 aromatic rings. The van der Waals surface area contributed by atoms with Crippen LogP contribution < -0.4 is 18.9 Å². The Labute approximate surface area is 458 Å². The van der Waals surface area contributed by atoms with Gasteiger partial charge in [0.25, 0.3) is 0 Å². The number of para-hydroxylation sites is 1. The highest BCUT2D eigenvalue weighted by molar-refractivity contribution is 14.1. The molecule has 2 bridgehead atoms. The van der Waals surface area contributed by atoms with Gasteiger partial charge in [-0.3, -0.25) is 24.2 Å². The van der Waals surface area contributed by atoms with Crippen LogP contribution in [0.3, 0.4) is 0 Å². The zero-order valence-electron chi connectivity index (χ0n) is 43.1. The van der Waals surface area contributed by atoms with Crippen molar-refractivity contribution >= 4 is 85.1 Å². The SMILES string of the molecule is C1CCN2C[C@@H]3C[C@@H](CN4CCCC[C@@H]34)[C@H]2C1.CCCCc1oc2ccccc2c1C(=O)c1cc(I)c(OCCN(CC)CC)c(I)c1.COC1=CC(=O)C[C@@H](C)[C@]12Oc1c(Cl)c(OC)cc(OC)c1C2=O. The lowest BCUT2D eigenvalue weighted by molar-refractivity contribution is -0.118. The van der Waals surface area contributed by atoms with Gasteiger partial charge >= 0.3 is 0 Å². The Bertz CT molecular complexity index is 2580. The molecular weight excluding hydrogens is 1160 g/mol. The Morgan fingerprint density at radius 2 is 1.51 bits per heavy atom. The Hall–Kier alpha value is -3.42. The van der Waals surface area contributed by atoms with Crippen LogP contribution in [0.2, 0.25) is 5.02 Å².